The largest absolute Gasteiger partial charge is 0.129 e. The Morgan fingerprint density at radius 3 is 1.26 bits per heavy atom. The van der Waals surface area contributed by atoms with Crippen LogP contribution in [0.3, 0.4) is 0 Å². The van der Waals surface area contributed by atoms with Crippen molar-refractivity contribution >= 4 is 30.1 Å². The third kappa shape index (κ3) is 3.28. The van der Waals surface area contributed by atoms with Crippen molar-refractivity contribution in [1.82, 2.24) is 0 Å². The van der Waals surface area contributed by atoms with Crippen LogP contribution in [-0.4, -0.2) is 13.3 Å². The summed E-state index contributed by atoms with van der Waals surface area (Å²) in [5, 5.41) is 5.20. The van der Waals surface area contributed by atoms with Crippen molar-refractivity contribution in [2.75, 3.05) is 13.3 Å². The van der Waals surface area contributed by atoms with E-state index in [0.29, 0.717) is 0 Å². The molecule has 4 aromatic carbocycles. The van der Waals surface area contributed by atoms with Gasteiger partial charge in [0.25, 0.3) is 0 Å². The van der Waals surface area contributed by atoms with E-state index in [0.717, 1.165) is 8.58 Å². The fraction of sp³-hybridized carbons (Fsp3) is 0.0909. The summed E-state index contributed by atoms with van der Waals surface area (Å²) in [5.41, 5.74) is 2.61. The van der Waals surface area contributed by atoms with Gasteiger partial charge in [0, 0.05) is 0 Å². The van der Waals surface area contributed by atoms with Gasteiger partial charge in [-0.3, -0.25) is 0 Å². The highest BCUT2D eigenvalue weighted by molar-refractivity contribution is 7.35. The van der Waals surface area contributed by atoms with Crippen LogP contribution in [-0.2, 0) is 0 Å². The number of hydrogen-bond donors (Lipinski definition) is 0. The highest BCUT2D eigenvalue weighted by atomic mass is 31.1. The van der Waals surface area contributed by atoms with Gasteiger partial charge in [-0.05, 0) is 46.0 Å². The molecule has 0 spiro atoms. The second-order valence-electron chi connectivity index (χ2n) is 5.55. The van der Waals surface area contributed by atoms with Gasteiger partial charge in [-0.15, -0.1) is 8.58 Å². The summed E-state index contributed by atoms with van der Waals surface area (Å²) in [6.07, 6.45) is 0. The number of benzene rings is 4. The van der Waals surface area contributed by atoms with E-state index in [9.17, 15) is 0 Å². The summed E-state index contributed by atoms with van der Waals surface area (Å²) >= 11 is 0. The Hall–Kier alpha value is -2.17. The molecule has 0 atom stereocenters. The molecule has 0 bridgehead atoms. The van der Waals surface area contributed by atoms with Crippen LogP contribution >= 0.6 is 8.58 Å². The third-order valence-corrected chi connectivity index (χ3v) is 3.87. The van der Waals surface area contributed by atoms with Crippen molar-refractivity contribution in [3.63, 3.8) is 0 Å². The second kappa shape index (κ2) is 7.40. The zero-order valence-corrected chi connectivity index (χ0v) is 14.6. The minimum absolute atomic E-state index is 1.08. The van der Waals surface area contributed by atoms with Gasteiger partial charge in [0.15, 0.2) is 0 Å². The maximum absolute atomic E-state index is 2.21. The molecule has 0 N–H and O–H groups in total. The summed E-state index contributed by atoms with van der Waals surface area (Å²) in [6, 6.07) is 30.2. The highest BCUT2D eigenvalue weighted by Gasteiger charge is 2.06. The number of fused-ring (bicyclic) bond motifs is 2. The van der Waals surface area contributed by atoms with Crippen LogP contribution in [0.25, 0.3) is 32.7 Å². The van der Waals surface area contributed by atoms with E-state index in [4.69, 9.17) is 0 Å². The predicted molar refractivity (Wildman–Crippen MR) is 107 cm³/mol. The second-order valence-corrected chi connectivity index (χ2v) is 6.55. The molecule has 0 saturated carbocycles. The fourth-order valence-corrected chi connectivity index (χ4v) is 2.92. The van der Waals surface area contributed by atoms with Gasteiger partial charge in [0.05, 0.1) is 0 Å². The summed E-state index contributed by atoms with van der Waals surface area (Å²) < 4.78 is 0. The first-order valence-electron chi connectivity index (χ1n) is 7.89. The van der Waals surface area contributed by atoms with E-state index in [2.05, 4.69) is 98.3 Å². The fourth-order valence-electron chi connectivity index (χ4n) is 2.92. The molecule has 4 aromatic rings. The van der Waals surface area contributed by atoms with E-state index < -0.39 is 0 Å². The minimum Gasteiger partial charge on any atom is -0.129 e. The first kappa shape index (κ1) is 15.7. The van der Waals surface area contributed by atoms with Crippen molar-refractivity contribution in [1.29, 1.82) is 0 Å². The Bertz CT molecular complexity index is 837. The summed E-state index contributed by atoms with van der Waals surface area (Å²) in [4.78, 5) is 0. The first-order valence-corrected chi connectivity index (χ1v) is 9.89. The Morgan fingerprint density at radius 1 is 0.478 bits per heavy atom. The van der Waals surface area contributed by atoms with Crippen LogP contribution in [0.2, 0.25) is 0 Å². The number of rotatable bonds is 1. The molecule has 0 radical (unpaired) electrons. The van der Waals surface area contributed by atoms with Crippen LogP contribution in [0.1, 0.15) is 0 Å². The zero-order chi connectivity index (χ0) is 16.1. The quantitative estimate of drug-likeness (QED) is 0.348. The van der Waals surface area contributed by atoms with Gasteiger partial charge in [-0.1, -0.05) is 84.9 Å². The lowest BCUT2D eigenvalue weighted by Gasteiger charge is -2.10. The van der Waals surface area contributed by atoms with Crippen molar-refractivity contribution in [3.05, 3.63) is 84.9 Å². The summed E-state index contributed by atoms with van der Waals surface area (Å²) in [7, 11) is 1.08. The minimum atomic E-state index is 1.08. The van der Waals surface area contributed by atoms with E-state index in [-0.39, 0.29) is 0 Å². The lowest BCUT2D eigenvalue weighted by molar-refractivity contribution is 1.68. The van der Waals surface area contributed by atoms with Crippen LogP contribution in [0.15, 0.2) is 84.9 Å². The van der Waals surface area contributed by atoms with Crippen LogP contribution in [0.4, 0.5) is 0 Å². The molecule has 114 valence electrons. The molecule has 1 heteroatoms. The van der Waals surface area contributed by atoms with Crippen LogP contribution in [0, 0.1) is 0 Å². The predicted octanol–water partition coefficient (Wildman–Crippen LogP) is 6.58. The molecule has 4 rings (SSSR count). The molecule has 0 aliphatic heterocycles. The molecule has 23 heavy (non-hydrogen) atoms. The van der Waals surface area contributed by atoms with Gasteiger partial charge >= 0.3 is 0 Å². The smallest absolute Gasteiger partial charge is 0.00992 e. The standard InChI is InChI=1S/C20H14.C2H7P/c1-3-11-17-15(7-1)9-5-13-19(17)20-14-6-10-16-8-2-4-12-18(16)20;1-3-2/h1-14H;3H,1-2H3. The maximum atomic E-state index is 2.21. The van der Waals surface area contributed by atoms with Crippen LogP contribution in [0.5, 0.6) is 0 Å². The van der Waals surface area contributed by atoms with Gasteiger partial charge in [-0.25, -0.2) is 0 Å². The normalized spacial score (nSPS) is 10.3. The molecule has 0 saturated heterocycles. The highest BCUT2D eigenvalue weighted by Crippen LogP contribution is 2.33. The molecule has 0 fully saturated rings. The molecule has 0 aliphatic rings. The third-order valence-electron chi connectivity index (χ3n) is 3.87. The van der Waals surface area contributed by atoms with E-state index in [1.54, 1.807) is 0 Å². The van der Waals surface area contributed by atoms with Crippen LogP contribution < -0.4 is 0 Å². The molecule has 0 heterocycles. The monoisotopic (exact) mass is 316 g/mol. The average Bonchev–Trinajstić information content (AvgIpc) is 2.61. The first-order chi connectivity index (χ1) is 11.3. The molecule has 0 nitrogen and oxygen atoms in total. The Kier molecular flexibility index (Phi) is 5.05. The molecular weight excluding hydrogens is 295 g/mol. The SMILES string of the molecule is CPC.c1ccc2c(-c3cccc4ccccc34)cccc2c1. The number of hydrogen-bond acceptors (Lipinski definition) is 0. The maximum Gasteiger partial charge on any atom is -0.00992 e. The van der Waals surface area contributed by atoms with E-state index in [1.807, 2.05) is 0 Å². The van der Waals surface area contributed by atoms with Gasteiger partial charge in [-0.2, -0.15) is 0 Å². The molecule has 0 aliphatic carbocycles. The van der Waals surface area contributed by atoms with E-state index in [1.165, 1.54) is 32.7 Å². The Balaban J connectivity index is 0.000000485. The topological polar surface area (TPSA) is 0 Å². The van der Waals surface area contributed by atoms with Gasteiger partial charge in [0.2, 0.25) is 0 Å². The van der Waals surface area contributed by atoms with Crippen molar-refractivity contribution < 1.29 is 0 Å². The lowest BCUT2D eigenvalue weighted by atomic mass is 9.94. The van der Waals surface area contributed by atoms with Crippen molar-refractivity contribution in [2.24, 2.45) is 0 Å². The molecule has 0 amide bonds. The molecule has 0 aromatic heterocycles. The average molecular weight is 316 g/mol. The van der Waals surface area contributed by atoms with E-state index >= 15 is 0 Å². The summed E-state index contributed by atoms with van der Waals surface area (Å²) in [6.45, 7) is 4.31. The molecule has 0 unspecified atom stereocenters. The lowest BCUT2D eigenvalue weighted by Crippen LogP contribution is -1.83. The van der Waals surface area contributed by atoms with Crippen molar-refractivity contribution in [2.45, 2.75) is 0 Å². The summed E-state index contributed by atoms with van der Waals surface area (Å²) in [5.74, 6) is 0. The molecular formula is C22H21P. The Morgan fingerprint density at radius 2 is 0.826 bits per heavy atom. The Labute approximate surface area is 140 Å². The van der Waals surface area contributed by atoms with Gasteiger partial charge in [0.1, 0.15) is 0 Å². The van der Waals surface area contributed by atoms with Gasteiger partial charge < -0.3 is 0 Å². The zero-order valence-electron chi connectivity index (χ0n) is 13.6. The van der Waals surface area contributed by atoms with Crippen molar-refractivity contribution in [3.8, 4) is 11.1 Å².